The lowest BCUT2D eigenvalue weighted by Gasteiger charge is -2.20. The van der Waals surface area contributed by atoms with Crippen LogP contribution in [0.3, 0.4) is 0 Å². The first-order valence-electron chi connectivity index (χ1n) is 6.58. The molecular formula is C13H19F2NO3. The molecule has 3 unspecified atom stereocenters. The maximum Gasteiger partial charge on any atom is 0.310 e. The molecule has 0 spiro atoms. The standard InChI is InChI=1S/C13H19F2NO3/c1-8-6-16(7-10(8)12(18)19-2)11(17)9-3-4-13(14,15)5-9/h8-10H,3-7H2,1-2H3. The number of likely N-dealkylation sites (tertiary alicyclic amines) is 1. The minimum absolute atomic E-state index is 0.0123. The van der Waals surface area contributed by atoms with Crippen molar-refractivity contribution in [1.82, 2.24) is 4.90 Å². The smallest absolute Gasteiger partial charge is 0.310 e. The highest BCUT2D eigenvalue weighted by Crippen LogP contribution is 2.40. The molecule has 1 amide bonds. The Morgan fingerprint density at radius 1 is 1.32 bits per heavy atom. The molecule has 1 aliphatic heterocycles. The van der Waals surface area contributed by atoms with E-state index in [0.29, 0.717) is 6.54 Å². The SMILES string of the molecule is COC(=O)C1CN(C(=O)C2CCC(F)(F)C2)CC1C. The van der Waals surface area contributed by atoms with Gasteiger partial charge in [-0.05, 0) is 12.3 Å². The number of carbonyl (C=O) groups excluding carboxylic acids is 2. The number of nitrogens with zero attached hydrogens (tertiary/aromatic N) is 1. The fourth-order valence-electron chi connectivity index (χ4n) is 3.02. The van der Waals surface area contributed by atoms with Crippen molar-refractivity contribution in [3.8, 4) is 0 Å². The molecule has 2 fully saturated rings. The fourth-order valence-corrected chi connectivity index (χ4v) is 3.02. The van der Waals surface area contributed by atoms with E-state index >= 15 is 0 Å². The van der Waals surface area contributed by atoms with Gasteiger partial charge in [0, 0.05) is 31.8 Å². The van der Waals surface area contributed by atoms with Crippen molar-refractivity contribution >= 4 is 11.9 Å². The molecule has 4 nitrogen and oxygen atoms in total. The lowest BCUT2D eigenvalue weighted by Crippen LogP contribution is -2.35. The summed E-state index contributed by atoms with van der Waals surface area (Å²) in [5.74, 6) is -4.21. The monoisotopic (exact) mass is 275 g/mol. The summed E-state index contributed by atoms with van der Waals surface area (Å²) in [6.45, 7) is 2.60. The summed E-state index contributed by atoms with van der Waals surface area (Å²) in [4.78, 5) is 25.3. The first-order valence-corrected chi connectivity index (χ1v) is 6.58. The quantitative estimate of drug-likeness (QED) is 0.720. The molecule has 1 saturated carbocycles. The molecule has 1 heterocycles. The Hall–Kier alpha value is -1.20. The molecule has 19 heavy (non-hydrogen) atoms. The molecule has 0 radical (unpaired) electrons. The van der Waals surface area contributed by atoms with Crippen molar-refractivity contribution in [3.05, 3.63) is 0 Å². The van der Waals surface area contributed by atoms with Crippen molar-refractivity contribution < 1.29 is 23.1 Å². The van der Waals surface area contributed by atoms with Gasteiger partial charge in [-0.15, -0.1) is 0 Å². The molecule has 1 aliphatic carbocycles. The number of rotatable bonds is 2. The predicted octanol–water partition coefficient (Wildman–Crippen LogP) is 1.69. The summed E-state index contributed by atoms with van der Waals surface area (Å²) in [5, 5.41) is 0. The van der Waals surface area contributed by atoms with E-state index in [9.17, 15) is 18.4 Å². The van der Waals surface area contributed by atoms with E-state index in [2.05, 4.69) is 0 Å². The lowest BCUT2D eigenvalue weighted by molar-refractivity contribution is -0.146. The molecule has 3 atom stereocenters. The van der Waals surface area contributed by atoms with E-state index in [4.69, 9.17) is 4.74 Å². The van der Waals surface area contributed by atoms with E-state index in [0.717, 1.165) is 0 Å². The molecule has 6 heteroatoms. The van der Waals surface area contributed by atoms with Crippen LogP contribution < -0.4 is 0 Å². The Labute approximate surface area is 111 Å². The largest absolute Gasteiger partial charge is 0.469 e. The Morgan fingerprint density at radius 2 is 2.00 bits per heavy atom. The molecule has 0 N–H and O–H groups in total. The number of carbonyl (C=O) groups is 2. The summed E-state index contributed by atoms with van der Waals surface area (Å²) in [6.07, 6.45) is -0.341. The zero-order valence-electron chi connectivity index (χ0n) is 11.2. The maximum absolute atomic E-state index is 13.1. The molecule has 1 saturated heterocycles. The van der Waals surface area contributed by atoms with Crippen molar-refractivity contribution in [1.29, 1.82) is 0 Å². The van der Waals surface area contributed by atoms with Gasteiger partial charge in [-0.25, -0.2) is 8.78 Å². The highest BCUT2D eigenvalue weighted by molar-refractivity contribution is 5.81. The van der Waals surface area contributed by atoms with Crippen LogP contribution in [0.25, 0.3) is 0 Å². The number of hydrogen-bond acceptors (Lipinski definition) is 3. The van der Waals surface area contributed by atoms with Crippen LogP contribution in [0.15, 0.2) is 0 Å². The molecular weight excluding hydrogens is 256 g/mol. The fraction of sp³-hybridized carbons (Fsp3) is 0.846. The van der Waals surface area contributed by atoms with Crippen LogP contribution in [0.1, 0.15) is 26.2 Å². The Bertz CT molecular complexity index is 386. The molecule has 0 aromatic carbocycles. The van der Waals surface area contributed by atoms with Crippen molar-refractivity contribution in [2.24, 2.45) is 17.8 Å². The summed E-state index contributed by atoms with van der Waals surface area (Å²) >= 11 is 0. The normalized spacial score (nSPS) is 33.5. The van der Waals surface area contributed by atoms with Gasteiger partial charge >= 0.3 is 5.97 Å². The van der Waals surface area contributed by atoms with Crippen LogP contribution >= 0.6 is 0 Å². The van der Waals surface area contributed by atoms with E-state index in [1.807, 2.05) is 6.92 Å². The summed E-state index contributed by atoms with van der Waals surface area (Å²) < 4.78 is 31.0. The Morgan fingerprint density at radius 3 is 2.53 bits per heavy atom. The third-order valence-corrected chi connectivity index (χ3v) is 4.18. The van der Waals surface area contributed by atoms with Crippen LogP contribution in [-0.4, -0.2) is 42.9 Å². The van der Waals surface area contributed by atoms with E-state index in [1.54, 1.807) is 4.90 Å². The molecule has 2 aliphatic rings. The zero-order valence-corrected chi connectivity index (χ0v) is 11.2. The van der Waals surface area contributed by atoms with Crippen LogP contribution in [0.5, 0.6) is 0 Å². The van der Waals surface area contributed by atoms with Gasteiger partial charge in [0.05, 0.1) is 13.0 Å². The van der Waals surface area contributed by atoms with Gasteiger partial charge in [0.25, 0.3) is 0 Å². The zero-order chi connectivity index (χ0) is 14.2. The third-order valence-electron chi connectivity index (χ3n) is 4.18. The second-order valence-electron chi connectivity index (χ2n) is 5.65. The van der Waals surface area contributed by atoms with E-state index in [1.165, 1.54) is 7.11 Å². The van der Waals surface area contributed by atoms with Crippen LogP contribution in [0.2, 0.25) is 0 Å². The second-order valence-corrected chi connectivity index (χ2v) is 5.65. The number of hydrogen-bond donors (Lipinski definition) is 0. The Balaban J connectivity index is 1.97. The van der Waals surface area contributed by atoms with Crippen molar-refractivity contribution in [2.75, 3.05) is 20.2 Å². The number of halogens is 2. The predicted molar refractivity (Wildman–Crippen MR) is 63.5 cm³/mol. The number of ether oxygens (including phenoxy) is 1. The maximum atomic E-state index is 13.1. The topological polar surface area (TPSA) is 46.6 Å². The number of methoxy groups -OCH3 is 1. The molecule has 0 aromatic rings. The minimum atomic E-state index is -2.71. The average Bonchev–Trinajstić information content (AvgIpc) is 2.90. The number of esters is 1. The highest BCUT2D eigenvalue weighted by atomic mass is 19.3. The van der Waals surface area contributed by atoms with Gasteiger partial charge in [0.2, 0.25) is 11.8 Å². The average molecular weight is 275 g/mol. The third kappa shape index (κ3) is 2.87. The summed E-state index contributed by atoms with van der Waals surface area (Å²) in [7, 11) is 1.32. The van der Waals surface area contributed by atoms with Gasteiger partial charge in [0.1, 0.15) is 0 Å². The first kappa shape index (κ1) is 14.2. The van der Waals surface area contributed by atoms with Gasteiger partial charge in [-0.1, -0.05) is 6.92 Å². The van der Waals surface area contributed by atoms with E-state index < -0.39 is 11.8 Å². The molecule has 2 rings (SSSR count). The summed E-state index contributed by atoms with van der Waals surface area (Å²) in [5.41, 5.74) is 0. The van der Waals surface area contributed by atoms with Gasteiger partial charge < -0.3 is 9.64 Å². The Kier molecular flexibility index (Phi) is 3.78. The van der Waals surface area contributed by atoms with Crippen LogP contribution in [0, 0.1) is 17.8 Å². The van der Waals surface area contributed by atoms with E-state index in [-0.39, 0.29) is 49.5 Å². The van der Waals surface area contributed by atoms with Crippen molar-refractivity contribution in [3.63, 3.8) is 0 Å². The lowest BCUT2D eigenvalue weighted by atomic mass is 9.99. The van der Waals surface area contributed by atoms with Gasteiger partial charge in [-0.3, -0.25) is 9.59 Å². The summed E-state index contributed by atoms with van der Waals surface area (Å²) in [6, 6.07) is 0. The molecule has 0 bridgehead atoms. The highest BCUT2D eigenvalue weighted by Gasteiger charge is 2.46. The van der Waals surface area contributed by atoms with Crippen molar-refractivity contribution in [2.45, 2.75) is 32.1 Å². The number of alkyl halides is 2. The molecule has 0 aromatic heterocycles. The first-order chi connectivity index (χ1) is 8.84. The van der Waals surface area contributed by atoms with Gasteiger partial charge in [-0.2, -0.15) is 0 Å². The second kappa shape index (κ2) is 5.06. The minimum Gasteiger partial charge on any atom is -0.469 e. The molecule has 108 valence electrons. The van der Waals surface area contributed by atoms with Gasteiger partial charge in [0.15, 0.2) is 0 Å². The number of amides is 1. The van der Waals surface area contributed by atoms with Crippen LogP contribution in [-0.2, 0) is 14.3 Å². The van der Waals surface area contributed by atoms with Crippen LogP contribution in [0.4, 0.5) is 8.78 Å².